The molecule has 0 saturated heterocycles. The van der Waals surface area contributed by atoms with Crippen molar-refractivity contribution in [2.75, 3.05) is 34.2 Å². The molecule has 0 N–H and O–H groups in total. The first-order valence-electron chi connectivity index (χ1n) is 8.65. The minimum Gasteiger partial charge on any atom is -0.309 e. The molecular weight excluding hydrogens is 272 g/mol. The van der Waals surface area contributed by atoms with Crippen LogP contribution in [0.3, 0.4) is 0 Å². The van der Waals surface area contributed by atoms with E-state index in [1.165, 1.54) is 36.9 Å². The van der Waals surface area contributed by atoms with Crippen LogP contribution in [0.4, 0.5) is 0 Å². The van der Waals surface area contributed by atoms with Gasteiger partial charge in [0.25, 0.3) is 0 Å². The normalized spacial score (nSPS) is 17.1. The van der Waals surface area contributed by atoms with Crippen LogP contribution >= 0.6 is 0 Å². The van der Waals surface area contributed by atoms with E-state index in [1.54, 1.807) is 0 Å². The van der Waals surface area contributed by atoms with E-state index in [2.05, 4.69) is 62.6 Å². The van der Waals surface area contributed by atoms with Crippen molar-refractivity contribution in [2.24, 2.45) is 5.41 Å². The molecule has 0 radical (unpaired) electrons. The van der Waals surface area contributed by atoms with Crippen LogP contribution in [0.2, 0.25) is 0 Å². The highest BCUT2D eigenvalue weighted by Gasteiger charge is 2.23. The van der Waals surface area contributed by atoms with E-state index in [1.807, 2.05) is 0 Å². The van der Waals surface area contributed by atoms with Crippen LogP contribution in [0.25, 0.3) is 0 Å². The molecule has 126 valence electrons. The maximum atomic E-state index is 4.77. The Bertz CT molecular complexity index is 469. The lowest BCUT2D eigenvalue weighted by Crippen LogP contribution is -2.38. The average Bonchev–Trinajstić information content (AvgIpc) is 2.96. The Morgan fingerprint density at radius 3 is 2.41 bits per heavy atom. The van der Waals surface area contributed by atoms with Crippen molar-refractivity contribution in [3.63, 3.8) is 0 Å². The third kappa shape index (κ3) is 4.82. The van der Waals surface area contributed by atoms with Crippen LogP contribution in [0, 0.1) is 12.3 Å². The summed E-state index contributed by atoms with van der Waals surface area (Å²) in [6, 6.07) is 0.642. The van der Waals surface area contributed by atoms with Crippen molar-refractivity contribution in [1.29, 1.82) is 0 Å². The Balaban J connectivity index is 1.95. The lowest BCUT2D eigenvalue weighted by molar-refractivity contribution is 0.160. The molecule has 1 heterocycles. The topological polar surface area (TPSA) is 24.3 Å². The first-order chi connectivity index (χ1) is 10.3. The smallest absolute Gasteiger partial charge is 0.0638 e. The fourth-order valence-electron chi connectivity index (χ4n) is 4.01. The van der Waals surface area contributed by atoms with Gasteiger partial charge in [0, 0.05) is 31.4 Å². The van der Waals surface area contributed by atoms with Gasteiger partial charge in [0.2, 0.25) is 0 Å². The zero-order valence-corrected chi connectivity index (χ0v) is 15.4. The quantitative estimate of drug-likeness (QED) is 0.772. The molecule has 4 heteroatoms. The molecule has 4 nitrogen and oxygen atoms in total. The van der Waals surface area contributed by atoms with Crippen LogP contribution < -0.4 is 0 Å². The lowest BCUT2D eigenvalue weighted by Gasteiger charge is -2.32. The predicted octanol–water partition coefficient (Wildman–Crippen LogP) is 3.33. The summed E-state index contributed by atoms with van der Waals surface area (Å²) in [5.41, 5.74) is 2.88. The van der Waals surface area contributed by atoms with Crippen molar-refractivity contribution in [2.45, 2.75) is 59.0 Å². The molecule has 0 aliphatic heterocycles. The van der Waals surface area contributed by atoms with Gasteiger partial charge < -0.3 is 9.80 Å². The van der Waals surface area contributed by atoms with Crippen LogP contribution in [0.5, 0.6) is 0 Å². The van der Waals surface area contributed by atoms with Crippen LogP contribution in [-0.2, 0) is 6.54 Å². The maximum Gasteiger partial charge on any atom is 0.0638 e. The minimum atomic E-state index is 0.299. The van der Waals surface area contributed by atoms with Gasteiger partial charge in [-0.15, -0.1) is 0 Å². The fourth-order valence-corrected chi connectivity index (χ4v) is 4.01. The molecule has 2 rings (SSSR count). The van der Waals surface area contributed by atoms with E-state index in [0.717, 1.165) is 19.6 Å². The van der Waals surface area contributed by atoms with E-state index >= 15 is 0 Å². The Morgan fingerprint density at radius 1 is 1.18 bits per heavy atom. The van der Waals surface area contributed by atoms with Gasteiger partial charge in [0.15, 0.2) is 0 Å². The summed E-state index contributed by atoms with van der Waals surface area (Å²) in [6.07, 6.45) is 7.61. The summed E-state index contributed by atoms with van der Waals surface area (Å²) in [4.78, 5) is 4.71. The number of rotatable bonds is 7. The van der Waals surface area contributed by atoms with E-state index < -0.39 is 0 Å². The first kappa shape index (κ1) is 17.5. The second-order valence-corrected chi connectivity index (χ2v) is 8.23. The zero-order chi connectivity index (χ0) is 16.3. The molecule has 0 aromatic carbocycles. The SMILES string of the molecule is Cc1nn(C2CCCC2)cc1CN(C)CC(C)(C)CN(C)C. The molecule has 1 aromatic rings. The number of hydrogen-bond donors (Lipinski definition) is 0. The van der Waals surface area contributed by atoms with Crippen LogP contribution in [-0.4, -0.2) is 53.8 Å². The van der Waals surface area contributed by atoms with E-state index in [9.17, 15) is 0 Å². The van der Waals surface area contributed by atoms with Crippen molar-refractivity contribution >= 4 is 0 Å². The standard InChI is InChI=1S/C18H34N4/c1-15-16(12-22(19-15)17-9-7-8-10-17)11-21(6)14-18(2,3)13-20(4)5/h12,17H,7-11,13-14H2,1-6H3. The highest BCUT2D eigenvalue weighted by Crippen LogP contribution is 2.29. The van der Waals surface area contributed by atoms with E-state index in [-0.39, 0.29) is 0 Å². The molecule has 1 aliphatic rings. The molecule has 0 bridgehead atoms. The fraction of sp³-hybridized carbons (Fsp3) is 0.833. The third-order valence-corrected chi connectivity index (χ3v) is 4.60. The largest absolute Gasteiger partial charge is 0.309 e. The molecule has 1 aliphatic carbocycles. The third-order valence-electron chi connectivity index (χ3n) is 4.60. The summed E-state index contributed by atoms with van der Waals surface area (Å²) in [5.74, 6) is 0. The number of aromatic nitrogens is 2. The molecule has 1 fully saturated rings. The second-order valence-electron chi connectivity index (χ2n) is 8.23. The Hall–Kier alpha value is -0.870. The van der Waals surface area contributed by atoms with E-state index in [0.29, 0.717) is 11.5 Å². The number of aryl methyl sites for hydroxylation is 1. The number of hydrogen-bond acceptors (Lipinski definition) is 3. The van der Waals surface area contributed by atoms with Crippen LogP contribution in [0.1, 0.15) is 56.8 Å². The summed E-state index contributed by atoms with van der Waals surface area (Å²) < 4.78 is 2.23. The predicted molar refractivity (Wildman–Crippen MR) is 93.1 cm³/mol. The lowest BCUT2D eigenvalue weighted by atomic mass is 9.92. The van der Waals surface area contributed by atoms with Crippen molar-refractivity contribution in [3.8, 4) is 0 Å². The van der Waals surface area contributed by atoms with Gasteiger partial charge in [-0.25, -0.2) is 0 Å². The maximum absolute atomic E-state index is 4.77. The first-order valence-corrected chi connectivity index (χ1v) is 8.65. The van der Waals surface area contributed by atoms with Crippen molar-refractivity contribution in [1.82, 2.24) is 19.6 Å². The van der Waals surface area contributed by atoms with Gasteiger partial charge in [-0.1, -0.05) is 26.7 Å². The molecule has 22 heavy (non-hydrogen) atoms. The Labute approximate surface area is 136 Å². The zero-order valence-electron chi connectivity index (χ0n) is 15.4. The monoisotopic (exact) mass is 306 g/mol. The summed E-state index contributed by atoms with van der Waals surface area (Å²) in [7, 11) is 6.53. The van der Waals surface area contributed by atoms with Gasteiger partial charge in [-0.05, 0) is 46.3 Å². The Kier molecular flexibility index (Phi) is 5.67. The summed E-state index contributed by atoms with van der Waals surface area (Å²) in [6.45, 7) is 10.0. The van der Waals surface area contributed by atoms with Gasteiger partial charge in [-0.3, -0.25) is 4.68 Å². The highest BCUT2D eigenvalue weighted by atomic mass is 15.3. The van der Waals surface area contributed by atoms with Gasteiger partial charge in [-0.2, -0.15) is 5.10 Å². The summed E-state index contributed by atoms with van der Waals surface area (Å²) in [5, 5.41) is 4.77. The number of nitrogens with zero attached hydrogens (tertiary/aromatic N) is 4. The van der Waals surface area contributed by atoms with E-state index in [4.69, 9.17) is 5.10 Å². The molecule has 0 amide bonds. The van der Waals surface area contributed by atoms with Gasteiger partial charge in [0.1, 0.15) is 0 Å². The van der Waals surface area contributed by atoms with Gasteiger partial charge >= 0.3 is 0 Å². The molecule has 1 aromatic heterocycles. The van der Waals surface area contributed by atoms with Gasteiger partial charge in [0.05, 0.1) is 11.7 Å². The molecular formula is C18H34N4. The van der Waals surface area contributed by atoms with Crippen LogP contribution in [0.15, 0.2) is 6.20 Å². The highest BCUT2D eigenvalue weighted by molar-refractivity contribution is 5.15. The van der Waals surface area contributed by atoms with Crippen molar-refractivity contribution < 1.29 is 0 Å². The summed E-state index contributed by atoms with van der Waals surface area (Å²) >= 11 is 0. The minimum absolute atomic E-state index is 0.299. The van der Waals surface area contributed by atoms with Crippen molar-refractivity contribution in [3.05, 3.63) is 17.5 Å². The average molecular weight is 306 g/mol. The molecule has 1 saturated carbocycles. The second kappa shape index (κ2) is 7.14. The molecule has 0 spiro atoms. The molecule has 0 unspecified atom stereocenters. The molecule has 0 atom stereocenters. The Morgan fingerprint density at radius 2 is 1.82 bits per heavy atom.